The van der Waals surface area contributed by atoms with Crippen molar-refractivity contribution in [2.75, 3.05) is 0 Å². The van der Waals surface area contributed by atoms with E-state index in [1.165, 1.54) is 0 Å². The zero-order valence-electron chi connectivity index (χ0n) is 7.65. The van der Waals surface area contributed by atoms with Crippen LogP contribution in [0.1, 0.15) is 13.8 Å². The van der Waals surface area contributed by atoms with E-state index in [0.29, 0.717) is 11.5 Å². The van der Waals surface area contributed by atoms with Gasteiger partial charge in [-0.05, 0) is 19.1 Å². The highest BCUT2D eigenvalue weighted by molar-refractivity contribution is 5.41. The van der Waals surface area contributed by atoms with Crippen LogP contribution in [-0.4, -0.2) is 17.0 Å². The van der Waals surface area contributed by atoms with Gasteiger partial charge in [-0.1, -0.05) is 12.1 Å². The zero-order chi connectivity index (χ0) is 9.47. The molecular formula is C10H12O3. The van der Waals surface area contributed by atoms with Gasteiger partial charge in [-0.2, -0.15) is 0 Å². The normalized spacial score (nSPS) is 31.5. The summed E-state index contributed by atoms with van der Waals surface area (Å²) in [6, 6.07) is 7.31. The molecule has 3 heteroatoms. The molecule has 0 aromatic heterocycles. The van der Waals surface area contributed by atoms with Crippen LogP contribution in [0, 0.1) is 0 Å². The largest absolute Gasteiger partial charge is 0.480 e. The highest BCUT2D eigenvalue weighted by Crippen LogP contribution is 2.36. The first-order valence-corrected chi connectivity index (χ1v) is 4.27. The molecule has 1 aromatic carbocycles. The lowest BCUT2D eigenvalue weighted by molar-refractivity contribution is -0.194. The van der Waals surface area contributed by atoms with E-state index in [0.717, 1.165) is 0 Å². The minimum Gasteiger partial charge on any atom is -0.480 e. The van der Waals surface area contributed by atoms with E-state index in [2.05, 4.69) is 0 Å². The lowest BCUT2D eigenvalue weighted by atomic mass is 10.1. The molecule has 0 radical (unpaired) electrons. The standard InChI is InChI=1S/C10H12O3/c1-7-10(2,11)13-9-6-4-3-5-8(9)12-7/h3-7,11H,1-2H3/t7-,10-/m0/s1. The van der Waals surface area contributed by atoms with E-state index in [1.807, 2.05) is 18.2 Å². The van der Waals surface area contributed by atoms with Gasteiger partial charge >= 0.3 is 0 Å². The van der Waals surface area contributed by atoms with Gasteiger partial charge in [-0.3, -0.25) is 0 Å². The van der Waals surface area contributed by atoms with Crippen molar-refractivity contribution in [1.82, 2.24) is 0 Å². The number of ether oxygens (including phenoxy) is 2. The Hall–Kier alpha value is -1.22. The molecule has 0 spiro atoms. The molecule has 1 heterocycles. The Balaban J connectivity index is 2.39. The van der Waals surface area contributed by atoms with Crippen LogP contribution in [0.15, 0.2) is 24.3 Å². The van der Waals surface area contributed by atoms with E-state index in [4.69, 9.17) is 9.47 Å². The second kappa shape index (κ2) is 2.64. The molecule has 1 aromatic rings. The fourth-order valence-corrected chi connectivity index (χ4v) is 1.24. The summed E-state index contributed by atoms with van der Waals surface area (Å²) in [4.78, 5) is 0. The summed E-state index contributed by atoms with van der Waals surface area (Å²) >= 11 is 0. The predicted molar refractivity (Wildman–Crippen MR) is 47.8 cm³/mol. The van der Waals surface area contributed by atoms with Crippen molar-refractivity contribution in [2.24, 2.45) is 0 Å². The second-order valence-electron chi connectivity index (χ2n) is 3.36. The van der Waals surface area contributed by atoms with Crippen LogP contribution >= 0.6 is 0 Å². The third-order valence-corrected chi connectivity index (χ3v) is 2.22. The van der Waals surface area contributed by atoms with E-state index in [9.17, 15) is 5.11 Å². The summed E-state index contributed by atoms with van der Waals surface area (Å²) in [7, 11) is 0. The predicted octanol–water partition coefficient (Wildman–Crippen LogP) is 1.55. The quantitative estimate of drug-likeness (QED) is 0.658. The Labute approximate surface area is 76.9 Å². The van der Waals surface area contributed by atoms with Crippen molar-refractivity contribution in [1.29, 1.82) is 0 Å². The molecule has 0 saturated carbocycles. The smallest absolute Gasteiger partial charge is 0.242 e. The molecule has 1 aliphatic rings. The second-order valence-corrected chi connectivity index (χ2v) is 3.36. The van der Waals surface area contributed by atoms with Crippen molar-refractivity contribution in [3.05, 3.63) is 24.3 Å². The van der Waals surface area contributed by atoms with Gasteiger partial charge in [0.1, 0.15) is 0 Å². The molecule has 0 saturated heterocycles. The number of aliphatic hydroxyl groups is 1. The first kappa shape index (κ1) is 8.38. The molecule has 1 aliphatic heterocycles. The highest BCUT2D eigenvalue weighted by atomic mass is 16.7. The number of para-hydroxylation sites is 2. The fraction of sp³-hybridized carbons (Fsp3) is 0.400. The van der Waals surface area contributed by atoms with Crippen molar-refractivity contribution >= 4 is 0 Å². The summed E-state index contributed by atoms with van der Waals surface area (Å²) < 4.78 is 10.8. The van der Waals surface area contributed by atoms with Crippen LogP contribution < -0.4 is 9.47 Å². The van der Waals surface area contributed by atoms with Gasteiger partial charge < -0.3 is 14.6 Å². The first-order valence-electron chi connectivity index (χ1n) is 4.27. The number of hydrogen-bond donors (Lipinski definition) is 1. The minimum absolute atomic E-state index is 0.359. The third-order valence-electron chi connectivity index (χ3n) is 2.22. The molecule has 0 amide bonds. The van der Waals surface area contributed by atoms with E-state index < -0.39 is 5.79 Å². The molecule has 2 rings (SSSR count). The molecule has 0 unspecified atom stereocenters. The molecule has 0 aliphatic carbocycles. The summed E-state index contributed by atoms with van der Waals surface area (Å²) in [5.41, 5.74) is 0. The Morgan fingerprint density at radius 2 is 1.92 bits per heavy atom. The fourth-order valence-electron chi connectivity index (χ4n) is 1.24. The van der Waals surface area contributed by atoms with Gasteiger partial charge in [0.15, 0.2) is 17.6 Å². The topological polar surface area (TPSA) is 38.7 Å². The maximum Gasteiger partial charge on any atom is 0.242 e. The van der Waals surface area contributed by atoms with Gasteiger partial charge in [-0.25, -0.2) is 0 Å². The van der Waals surface area contributed by atoms with E-state index in [-0.39, 0.29) is 6.10 Å². The Kier molecular flexibility index (Phi) is 1.70. The van der Waals surface area contributed by atoms with Gasteiger partial charge in [-0.15, -0.1) is 0 Å². The molecule has 70 valence electrons. The third kappa shape index (κ3) is 1.35. The average molecular weight is 180 g/mol. The van der Waals surface area contributed by atoms with Crippen LogP contribution in [-0.2, 0) is 0 Å². The van der Waals surface area contributed by atoms with Crippen LogP contribution in [0.25, 0.3) is 0 Å². The van der Waals surface area contributed by atoms with Crippen molar-refractivity contribution in [3.8, 4) is 11.5 Å². The molecule has 0 bridgehead atoms. The van der Waals surface area contributed by atoms with Gasteiger partial charge in [0.05, 0.1) is 0 Å². The summed E-state index contributed by atoms with van der Waals surface area (Å²) in [5, 5.41) is 9.74. The molecule has 2 atom stereocenters. The summed E-state index contributed by atoms with van der Waals surface area (Å²) in [6.45, 7) is 3.36. The Bertz CT molecular complexity index is 320. The van der Waals surface area contributed by atoms with Crippen LogP contribution in [0.3, 0.4) is 0 Å². The summed E-state index contributed by atoms with van der Waals surface area (Å²) in [5.74, 6) is 0.0288. The average Bonchev–Trinajstić information content (AvgIpc) is 2.06. The van der Waals surface area contributed by atoms with E-state index >= 15 is 0 Å². The number of hydrogen-bond acceptors (Lipinski definition) is 3. The van der Waals surface area contributed by atoms with Crippen LogP contribution in [0.5, 0.6) is 11.5 Å². The first-order chi connectivity index (χ1) is 6.09. The highest BCUT2D eigenvalue weighted by Gasteiger charge is 2.37. The van der Waals surface area contributed by atoms with Gasteiger partial charge in [0, 0.05) is 6.92 Å². The summed E-state index contributed by atoms with van der Waals surface area (Å²) in [6.07, 6.45) is -0.359. The maximum absolute atomic E-state index is 9.74. The van der Waals surface area contributed by atoms with Crippen molar-refractivity contribution in [3.63, 3.8) is 0 Å². The van der Waals surface area contributed by atoms with Crippen LogP contribution in [0.4, 0.5) is 0 Å². The zero-order valence-corrected chi connectivity index (χ0v) is 7.65. The monoisotopic (exact) mass is 180 g/mol. The number of fused-ring (bicyclic) bond motifs is 1. The SMILES string of the molecule is C[C@@H]1Oc2ccccc2O[C@]1(C)O. The van der Waals surface area contributed by atoms with E-state index in [1.54, 1.807) is 19.9 Å². The Morgan fingerprint density at radius 3 is 2.62 bits per heavy atom. The lowest BCUT2D eigenvalue weighted by Gasteiger charge is -2.36. The number of benzene rings is 1. The van der Waals surface area contributed by atoms with Crippen molar-refractivity contribution < 1.29 is 14.6 Å². The molecule has 13 heavy (non-hydrogen) atoms. The molecule has 0 fully saturated rings. The lowest BCUT2D eigenvalue weighted by Crippen LogP contribution is -2.48. The van der Waals surface area contributed by atoms with Crippen molar-refractivity contribution in [2.45, 2.75) is 25.7 Å². The van der Waals surface area contributed by atoms with Crippen LogP contribution in [0.2, 0.25) is 0 Å². The minimum atomic E-state index is -1.24. The van der Waals surface area contributed by atoms with Gasteiger partial charge in [0.25, 0.3) is 0 Å². The van der Waals surface area contributed by atoms with Gasteiger partial charge in [0.2, 0.25) is 5.79 Å². The maximum atomic E-state index is 9.74. The molecule has 1 N–H and O–H groups in total. The number of rotatable bonds is 0. The Morgan fingerprint density at radius 1 is 1.31 bits per heavy atom. The molecule has 3 nitrogen and oxygen atoms in total. The molecular weight excluding hydrogens is 168 g/mol.